The van der Waals surface area contributed by atoms with E-state index in [0.29, 0.717) is 11.6 Å². The first-order valence-corrected chi connectivity index (χ1v) is 5.50. The molecule has 0 fully saturated rings. The van der Waals surface area contributed by atoms with Gasteiger partial charge in [0.25, 0.3) is 0 Å². The van der Waals surface area contributed by atoms with E-state index in [4.69, 9.17) is 5.73 Å². The minimum atomic E-state index is 0.403. The van der Waals surface area contributed by atoms with Gasteiger partial charge in [-0.05, 0) is 17.5 Å². The Labute approximate surface area is 104 Å². The molecule has 0 saturated carbocycles. The SMILES string of the molecule is Nc1cnc(Nc2cccc3ccncc23)cn1. The molecule has 5 heteroatoms. The summed E-state index contributed by atoms with van der Waals surface area (Å²) >= 11 is 0. The van der Waals surface area contributed by atoms with Crippen molar-refractivity contribution >= 4 is 28.1 Å². The Hall–Kier alpha value is -2.69. The van der Waals surface area contributed by atoms with Crippen LogP contribution in [0.2, 0.25) is 0 Å². The topological polar surface area (TPSA) is 76.7 Å². The largest absolute Gasteiger partial charge is 0.382 e. The minimum Gasteiger partial charge on any atom is -0.382 e. The molecule has 0 spiro atoms. The molecular formula is C13H11N5. The Balaban J connectivity index is 2.02. The van der Waals surface area contributed by atoms with Gasteiger partial charge in [0.2, 0.25) is 0 Å². The number of aromatic nitrogens is 3. The molecule has 0 aliphatic carbocycles. The Morgan fingerprint density at radius 2 is 1.94 bits per heavy atom. The molecule has 18 heavy (non-hydrogen) atoms. The van der Waals surface area contributed by atoms with Crippen molar-refractivity contribution in [2.75, 3.05) is 11.1 Å². The predicted octanol–water partition coefficient (Wildman–Crippen LogP) is 2.35. The molecule has 0 atom stereocenters. The van der Waals surface area contributed by atoms with Crippen LogP contribution in [0, 0.1) is 0 Å². The minimum absolute atomic E-state index is 0.403. The first-order chi connectivity index (χ1) is 8.83. The fourth-order valence-corrected chi connectivity index (χ4v) is 1.76. The molecule has 3 aromatic rings. The van der Waals surface area contributed by atoms with Gasteiger partial charge in [0.1, 0.15) is 11.6 Å². The molecule has 2 aromatic heterocycles. The standard InChI is InChI=1S/C13H11N5/c14-12-7-17-13(8-16-12)18-11-3-1-2-9-4-5-15-6-10(9)11/h1-8H,(H2,14,16)(H,17,18). The van der Waals surface area contributed by atoms with Gasteiger partial charge in [-0.1, -0.05) is 12.1 Å². The third-order valence-electron chi connectivity index (χ3n) is 2.62. The van der Waals surface area contributed by atoms with Crippen LogP contribution in [0.25, 0.3) is 10.8 Å². The lowest BCUT2D eigenvalue weighted by Gasteiger charge is -2.08. The second kappa shape index (κ2) is 4.29. The highest BCUT2D eigenvalue weighted by molar-refractivity contribution is 5.94. The lowest BCUT2D eigenvalue weighted by atomic mass is 10.1. The van der Waals surface area contributed by atoms with Crippen molar-refractivity contribution in [2.24, 2.45) is 0 Å². The van der Waals surface area contributed by atoms with Gasteiger partial charge in [-0.3, -0.25) is 4.98 Å². The first-order valence-electron chi connectivity index (χ1n) is 5.50. The average molecular weight is 237 g/mol. The van der Waals surface area contributed by atoms with Crippen molar-refractivity contribution in [3.8, 4) is 0 Å². The molecular weight excluding hydrogens is 226 g/mol. The first kappa shape index (κ1) is 10.5. The highest BCUT2D eigenvalue weighted by atomic mass is 15.0. The fourth-order valence-electron chi connectivity index (χ4n) is 1.76. The molecule has 2 heterocycles. The smallest absolute Gasteiger partial charge is 0.149 e. The van der Waals surface area contributed by atoms with Gasteiger partial charge in [0.15, 0.2) is 0 Å². The molecule has 1 aromatic carbocycles. The van der Waals surface area contributed by atoms with Crippen molar-refractivity contribution in [1.29, 1.82) is 0 Å². The van der Waals surface area contributed by atoms with E-state index in [1.165, 1.54) is 6.20 Å². The average Bonchev–Trinajstić information content (AvgIpc) is 2.42. The number of hydrogen-bond donors (Lipinski definition) is 2. The van der Waals surface area contributed by atoms with Crippen molar-refractivity contribution in [3.05, 3.63) is 49.1 Å². The zero-order valence-electron chi connectivity index (χ0n) is 9.54. The zero-order valence-corrected chi connectivity index (χ0v) is 9.54. The van der Waals surface area contributed by atoms with Crippen molar-refractivity contribution in [1.82, 2.24) is 15.0 Å². The molecule has 0 aliphatic rings. The third-order valence-corrected chi connectivity index (χ3v) is 2.62. The molecule has 0 amide bonds. The zero-order chi connectivity index (χ0) is 12.4. The second-order valence-corrected chi connectivity index (χ2v) is 3.85. The number of rotatable bonds is 2. The van der Waals surface area contributed by atoms with Crippen LogP contribution >= 0.6 is 0 Å². The second-order valence-electron chi connectivity index (χ2n) is 3.85. The van der Waals surface area contributed by atoms with Crippen LogP contribution in [0.3, 0.4) is 0 Å². The Bertz CT molecular complexity index is 673. The monoisotopic (exact) mass is 237 g/mol. The summed E-state index contributed by atoms with van der Waals surface area (Å²) in [7, 11) is 0. The van der Waals surface area contributed by atoms with Crippen LogP contribution in [0.1, 0.15) is 0 Å². The molecule has 0 aliphatic heterocycles. The number of nitrogen functional groups attached to an aromatic ring is 1. The number of anilines is 3. The van der Waals surface area contributed by atoms with E-state index in [9.17, 15) is 0 Å². The third kappa shape index (κ3) is 1.93. The van der Waals surface area contributed by atoms with Gasteiger partial charge in [-0.15, -0.1) is 0 Å². The van der Waals surface area contributed by atoms with E-state index in [2.05, 4.69) is 20.3 Å². The van der Waals surface area contributed by atoms with Crippen molar-refractivity contribution in [2.45, 2.75) is 0 Å². The summed E-state index contributed by atoms with van der Waals surface area (Å²) in [6.07, 6.45) is 6.72. The summed E-state index contributed by atoms with van der Waals surface area (Å²) in [4.78, 5) is 12.3. The van der Waals surface area contributed by atoms with E-state index in [1.54, 1.807) is 12.4 Å². The van der Waals surface area contributed by atoms with Gasteiger partial charge < -0.3 is 11.1 Å². The van der Waals surface area contributed by atoms with Crippen LogP contribution in [-0.4, -0.2) is 15.0 Å². The Morgan fingerprint density at radius 3 is 2.78 bits per heavy atom. The molecule has 88 valence electrons. The molecule has 5 nitrogen and oxygen atoms in total. The van der Waals surface area contributed by atoms with Crippen LogP contribution in [0.15, 0.2) is 49.1 Å². The molecule has 0 saturated heterocycles. The number of hydrogen-bond acceptors (Lipinski definition) is 5. The van der Waals surface area contributed by atoms with E-state index in [0.717, 1.165) is 16.5 Å². The van der Waals surface area contributed by atoms with E-state index < -0.39 is 0 Å². The molecule has 3 N–H and O–H groups in total. The summed E-state index contributed by atoms with van der Waals surface area (Å²) in [6, 6.07) is 7.96. The summed E-state index contributed by atoms with van der Waals surface area (Å²) < 4.78 is 0. The lowest BCUT2D eigenvalue weighted by Crippen LogP contribution is -1.97. The molecule has 0 unspecified atom stereocenters. The van der Waals surface area contributed by atoms with Gasteiger partial charge in [0.05, 0.1) is 12.4 Å². The Morgan fingerprint density at radius 1 is 1.00 bits per heavy atom. The number of nitrogens with two attached hydrogens (primary N) is 1. The summed E-state index contributed by atoms with van der Waals surface area (Å²) in [6.45, 7) is 0. The number of fused-ring (bicyclic) bond motifs is 1. The number of benzene rings is 1. The highest BCUT2D eigenvalue weighted by Crippen LogP contribution is 2.24. The number of pyridine rings is 1. The maximum atomic E-state index is 5.50. The molecule has 0 bridgehead atoms. The normalized spacial score (nSPS) is 10.4. The van der Waals surface area contributed by atoms with E-state index in [1.807, 2.05) is 30.5 Å². The summed E-state index contributed by atoms with van der Waals surface area (Å²) in [5.41, 5.74) is 6.44. The molecule has 3 rings (SSSR count). The van der Waals surface area contributed by atoms with Gasteiger partial charge in [-0.2, -0.15) is 0 Å². The lowest BCUT2D eigenvalue weighted by molar-refractivity contribution is 1.21. The van der Waals surface area contributed by atoms with Crippen molar-refractivity contribution < 1.29 is 0 Å². The maximum Gasteiger partial charge on any atom is 0.149 e. The van der Waals surface area contributed by atoms with E-state index >= 15 is 0 Å². The van der Waals surface area contributed by atoms with Crippen LogP contribution < -0.4 is 11.1 Å². The summed E-state index contributed by atoms with van der Waals surface area (Å²) in [5.74, 6) is 1.06. The summed E-state index contributed by atoms with van der Waals surface area (Å²) in [5, 5.41) is 5.37. The van der Waals surface area contributed by atoms with E-state index in [-0.39, 0.29) is 0 Å². The quantitative estimate of drug-likeness (QED) is 0.715. The fraction of sp³-hybridized carbons (Fsp3) is 0. The highest BCUT2D eigenvalue weighted by Gasteiger charge is 2.02. The maximum absolute atomic E-state index is 5.50. The number of nitrogens with zero attached hydrogens (tertiary/aromatic N) is 3. The van der Waals surface area contributed by atoms with Crippen LogP contribution in [0.5, 0.6) is 0 Å². The Kier molecular flexibility index (Phi) is 2.49. The van der Waals surface area contributed by atoms with Gasteiger partial charge in [0, 0.05) is 23.5 Å². The predicted molar refractivity (Wildman–Crippen MR) is 71.5 cm³/mol. The van der Waals surface area contributed by atoms with Crippen LogP contribution in [-0.2, 0) is 0 Å². The van der Waals surface area contributed by atoms with Crippen LogP contribution in [0.4, 0.5) is 17.3 Å². The molecule has 0 radical (unpaired) electrons. The van der Waals surface area contributed by atoms with Gasteiger partial charge in [-0.25, -0.2) is 9.97 Å². The number of nitrogens with one attached hydrogen (secondary N) is 1. The van der Waals surface area contributed by atoms with Gasteiger partial charge >= 0.3 is 0 Å². The van der Waals surface area contributed by atoms with Crippen molar-refractivity contribution in [3.63, 3.8) is 0 Å².